The lowest BCUT2D eigenvalue weighted by atomic mass is 10.2. The van der Waals surface area contributed by atoms with Gasteiger partial charge in [0, 0.05) is 5.02 Å². The van der Waals surface area contributed by atoms with Crippen LogP contribution >= 0.6 is 11.6 Å². The molecular formula is C14H13ClN4O5. The van der Waals surface area contributed by atoms with Gasteiger partial charge >= 0.3 is 11.6 Å². The molecule has 2 aromatic rings. The number of nitrogens with one attached hydrogen (secondary N) is 2. The molecule has 10 heteroatoms. The van der Waals surface area contributed by atoms with Gasteiger partial charge in [-0.3, -0.25) is 19.6 Å². The zero-order valence-electron chi connectivity index (χ0n) is 12.7. The molecule has 2 rings (SSSR count). The average Bonchev–Trinajstić information content (AvgIpc) is 2.48. The summed E-state index contributed by atoms with van der Waals surface area (Å²) in [5.41, 5.74) is -1.74. The van der Waals surface area contributed by atoms with Crippen molar-refractivity contribution in [3.8, 4) is 11.6 Å². The molecule has 1 aromatic heterocycles. The molecule has 0 unspecified atom stereocenters. The first-order valence-corrected chi connectivity index (χ1v) is 7.09. The Morgan fingerprint density at radius 2 is 2.04 bits per heavy atom. The minimum absolute atomic E-state index is 0.445. The Hall–Kier alpha value is -2.94. The largest absolute Gasteiger partial charge is 0.493 e. The third-order valence-electron chi connectivity index (χ3n) is 2.94. The van der Waals surface area contributed by atoms with Gasteiger partial charge in [-0.1, -0.05) is 11.6 Å². The van der Waals surface area contributed by atoms with Crippen molar-refractivity contribution in [3.05, 3.63) is 49.6 Å². The smallest absolute Gasteiger partial charge is 0.328 e. The number of azo groups is 1. The number of rotatable bonds is 4. The Labute approximate surface area is 140 Å². The summed E-state index contributed by atoms with van der Waals surface area (Å²) in [6, 6.07) is 4.89. The Balaban J connectivity index is 2.14. The van der Waals surface area contributed by atoms with E-state index < -0.39 is 34.8 Å². The van der Waals surface area contributed by atoms with Crippen LogP contribution in [0.3, 0.4) is 0 Å². The SMILES string of the molecule is Cc1cc(Cl)ccc1O[C@@H](C)C(=O)N=Nc1c(O)[nH]c(=O)[nH]c1=O. The molecule has 0 aliphatic heterocycles. The number of aryl methyl sites for hydroxylation is 1. The third-order valence-corrected chi connectivity index (χ3v) is 3.17. The van der Waals surface area contributed by atoms with Crippen LogP contribution in [0.4, 0.5) is 5.69 Å². The number of halogens is 1. The van der Waals surface area contributed by atoms with Crippen LogP contribution in [0.2, 0.25) is 5.02 Å². The number of amides is 1. The number of aromatic nitrogens is 2. The molecule has 0 saturated heterocycles. The van der Waals surface area contributed by atoms with Gasteiger partial charge in [0.25, 0.3) is 5.56 Å². The molecule has 0 radical (unpaired) electrons. The van der Waals surface area contributed by atoms with Crippen molar-refractivity contribution in [1.82, 2.24) is 9.97 Å². The van der Waals surface area contributed by atoms with Crippen molar-refractivity contribution < 1.29 is 14.6 Å². The fourth-order valence-corrected chi connectivity index (χ4v) is 1.95. The molecule has 0 bridgehead atoms. The zero-order valence-corrected chi connectivity index (χ0v) is 13.4. The molecule has 0 aliphatic rings. The number of carbonyl (C=O) groups excluding carboxylic acids is 1. The maximum absolute atomic E-state index is 11.9. The summed E-state index contributed by atoms with van der Waals surface area (Å²) in [7, 11) is 0. The maximum Gasteiger partial charge on any atom is 0.328 e. The highest BCUT2D eigenvalue weighted by Gasteiger charge is 2.16. The highest BCUT2D eigenvalue weighted by Crippen LogP contribution is 2.23. The summed E-state index contributed by atoms with van der Waals surface area (Å²) < 4.78 is 5.46. The molecule has 1 heterocycles. The second-order valence-electron chi connectivity index (χ2n) is 4.81. The van der Waals surface area contributed by atoms with E-state index in [0.29, 0.717) is 10.8 Å². The molecular weight excluding hydrogens is 340 g/mol. The normalized spacial score (nSPS) is 12.3. The van der Waals surface area contributed by atoms with Crippen molar-refractivity contribution in [2.75, 3.05) is 0 Å². The van der Waals surface area contributed by atoms with Crippen molar-refractivity contribution >= 4 is 23.2 Å². The van der Waals surface area contributed by atoms with Gasteiger partial charge in [0.1, 0.15) is 5.75 Å². The number of aromatic hydroxyl groups is 1. The van der Waals surface area contributed by atoms with Crippen LogP contribution in [-0.2, 0) is 4.79 Å². The Bertz CT molecular complexity index is 918. The van der Waals surface area contributed by atoms with Gasteiger partial charge in [-0.15, -0.1) is 10.2 Å². The van der Waals surface area contributed by atoms with E-state index in [1.54, 1.807) is 25.1 Å². The lowest BCUT2D eigenvalue weighted by Gasteiger charge is -2.13. The van der Waals surface area contributed by atoms with Crippen LogP contribution in [0.1, 0.15) is 12.5 Å². The first kappa shape index (κ1) is 17.4. The Kier molecular flexibility index (Phi) is 5.14. The van der Waals surface area contributed by atoms with E-state index in [1.807, 2.05) is 9.97 Å². The second kappa shape index (κ2) is 7.09. The first-order valence-electron chi connectivity index (χ1n) is 6.72. The average molecular weight is 353 g/mol. The standard InChI is InChI=1S/C14H13ClN4O5/c1-6-5-8(15)3-4-9(6)24-7(2)11(20)19-18-10-12(21)16-14(23)17-13(10)22/h3-5,7H,1-2H3,(H3,16,17,21,22,23)/t7-/m0/s1. The fourth-order valence-electron chi connectivity index (χ4n) is 1.73. The third kappa shape index (κ3) is 4.07. The number of carbonyl (C=O) groups is 1. The van der Waals surface area contributed by atoms with Gasteiger partial charge in [0.05, 0.1) is 0 Å². The summed E-state index contributed by atoms with van der Waals surface area (Å²) in [5.74, 6) is -1.13. The van der Waals surface area contributed by atoms with E-state index in [1.165, 1.54) is 6.92 Å². The molecule has 0 spiro atoms. The Morgan fingerprint density at radius 3 is 2.67 bits per heavy atom. The van der Waals surface area contributed by atoms with E-state index in [2.05, 4.69) is 10.2 Å². The summed E-state index contributed by atoms with van der Waals surface area (Å²) >= 11 is 5.84. The zero-order chi connectivity index (χ0) is 17.9. The number of ether oxygens (including phenoxy) is 1. The van der Waals surface area contributed by atoms with Gasteiger partial charge in [-0.2, -0.15) is 0 Å². The summed E-state index contributed by atoms with van der Waals surface area (Å²) in [5, 5.41) is 16.6. The highest BCUT2D eigenvalue weighted by molar-refractivity contribution is 6.30. The van der Waals surface area contributed by atoms with E-state index in [0.717, 1.165) is 5.56 Å². The lowest BCUT2D eigenvalue weighted by molar-refractivity contribution is -0.124. The van der Waals surface area contributed by atoms with Crippen LogP contribution in [0.5, 0.6) is 11.6 Å². The molecule has 0 saturated carbocycles. The van der Waals surface area contributed by atoms with Gasteiger partial charge in [0.2, 0.25) is 11.6 Å². The maximum atomic E-state index is 11.9. The van der Waals surface area contributed by atoms with Crippen molar-refractivity contribution in [3.63, 3.8) is 0 Å². The van der Waals surface area contributed by atoms with Crippen molar-refractivity contribution in [2.24, 2.45) is 10.2 Å². The molecule has 24 heavy (non-hydrogen) atoms. The van der Waals surface area contributed by atoms with E-state index in [4.69, 9.17) is 16.3 Å². The summed E-state index contributed by atoms with van der Waals surface area (Å²) in [6.07, 6.45) is -0.988. The van der Waals surface area contributed by atoms with Crippen molar-refractivity contribution in [1.29, 1.82) is 0 Å². The predicted molar refractivity (Wildman–Crippen MR) is 85.2 cm³/mol. The number of hydrogen-bond acceptors (Lipinski definition) is 6. The molecule has 3 N–H and O–H groups in total. The quantitative estimate of drug-likeness (QED) is 0.720. The fraction of sp³-hybridized carbons (Fsp3) is 0.214. The molecule has 0 fully saturated rings. The van der Waals surface area contributed by atoms with Crippen LogP contribution < -0.4 is 16.0 Å². The number of hydrogen-bond donors (Lipinski definition) is 3. The number of aromatic amines is 2. The van der Waals surface area contributed by atoms with Gasteiger partial charge in [0.15, 0.2) is 6.10 Å². The summed E-state index contributed by atoms with van der Waals surface area (Å²) in [4.78, 5) is 38.1. The van der Waals surface area contributed by atoms with Crippen LogP contribution in [-0.4, -0.2) is 27.1 Å². The predicted octanol–water partition coefficient (Wildman–Crippen LogP) is 1.81. The van der Waals surface area contributed by atoms with Crippen LogP contribution in [0.25, 0.3) is 0 Å². The molecule has 1 amide bonds. The highest BCUT2D eigenvalue weighted by atomic mass is 35.5. The number of benzene rings is 1. The molecule has 9 nitrogen and oxygen atoms in total. The molecule has 1 aromatic carbocycles. The lowest BCUT2D eigenvalue weighted by Crippen LogP contribution is -2.23. The van der Waals surface area contributed by atoms with Gasteiger partial charge in [-0.05, 0) is 37.6 Å². The topological polar surface area (TPSA) is 137 Å². The first-order chi connectivity index (χ1) is 11.3. The van der Waals surface area contributed by atoms with Crippen LogP contribution in [0.15, 0.2) is 38.0 Å². The molecule has 0 aliphatic carbocycles. The Morgan fingerprint density at radius 1 is 1.33 bits per heavy atom. The second-order valence-corrected chi connectivity index (χ2v) is 5.25. The monoisotopic (exact) mass is 352 g/mol. The molecule has 126 valence electrons. The van der Waals surface area contributed by atoms with E-state index >= 15 is 0 Å². The van der Waals surface area contributed by atoms with Crippen molar-refractivity contribution in [2.45, 2.75) is 20.0 Å². The van der Waals surface area contributed by atoms with E-state index in [-0.39, 0.29) is 0 Å². The van der Waals surface area contributed by atoms with Crippen LogP contribution in [0, 0.1) is 6.92 Å². The minimum atomic E-state index is -0.988. The minimum Gasteiger partial charge on any atom is -0.493 e. The van der Waals surface area contributed by atoms with Gasteiger partial charge in [-0.25, -0.2) is 4.79 Å². The summed E-state index contributed by atoms with van der Waals surface area (Å²) in [6.45, 7) is 3.21. The molecule has 1 atom stereocenters. The number of nitrogens with zero attached hydrogens (tertiary/aromatic N) is 2. The van der Waals surface area contributed by atoms with E-state index in [9.17, 15) is 19.5 Å². The van der Waals surface area contributed by atoms with Gasteiger partial charge < -0.3 is 9.84 Å². The number of H-pyrrole nitrogens is 2.